The van der Waals surface area contributed by atoms with Crippen molar-refractivity contribution in [2.45, 2.75) is 12.2 Å². The standard InChI is InChI=1S/C6H9NSi2/c1-9(5-8)6-3-2-4-7-6/h2-4,7H,5H2,1H3. The Bertz CT molecular complexity index is 160. The number of rotatable bonds is 2. The van der Waals surface area contributed by atoms with Crippen LogP contribution in [-0.2, 0) is 0 Å². The van der Waals surface area contributed by atoms with Crippen LogP contribution in [-0.4, -0.2) is 24.0 Å². The molecule has 4 radical (unpaired) electrons. The van der Waals surface area contributed by atoms with Gasteiger partial charge in [0.2, 0.25) is 0 Å². The number of H-pyrrole nitrogens is 1. The maximum absolute atomic E-state index is 3.51. The summed E-state index contributed by atoms with van der Waals surface area (Å²) in [5.74, 6) is 0. The Kier molecular flexibility index (Phi) is 2.30. The van der Waals surface area contributed by atoms with E-state index in [9.17, 15) is 0 Å². The molecule has 0 amide bonds. The summed E-state index contributed by atoms with van der Waals surface area (Å²) in [6, 6.07) is 4.19. The zero-order chi connectivity index (χ0) is 6.69. The van der Waals surface area contributed by atoms with Crippen LogP contribution in [0.3, 0.4) is 0 Å². The number of aromatic nitrogens is 1. The lowest BCUT2D eigenvalue weighted by molar-refractivity contribution is 1.45. The SMILES string of the molecule is C[Si](C[Si])c1ccc[nH]1. The fourth-order valence-corrected chi connectivity index (χ4v) is 2.16. The van der Waals surface area contributed by atoms with E-state index in [1.54, 1.807) is 0 Å². The third-order valence-corrected chi connectivity index (χ3v) is 4.67. The van der Waals surface area contributed by atoms with Gasteiger partial charge in [-0.3, -0.25) is 0 Å². The minimum Gasteiger partial charge on any atom is -0.369 e. The fourth-order valence-electron chi connectivity index (χ4n) is 0.691. The van der Waals surface area contributed by atoms with Gasteiger partial charge in [0.05, 0.1) is 0 Å². The zero-order valence-corrected chi connectivity index (χ0v) is 7.44. The maximum atomic E-state index is 3.51. The van der Waals surface area contributed by atoms with Crippen molar-refractivity contribution in [3.8, 4) is 0 Å². The van der Waals surface area contributed by atoms with Crippen LogP contribution in [0.2, 0.25) is 12.2 Å². The number of hydrogen-bond acceptors (Lipinski definition) is 0. The van der Waals surface area contributed by atoms with Crippen LogP contribution in [0.25, 0.3) is 0 Å². The predicted molar refractivity (Wildman–Crippen MR) is 42.6 cm³/mol. The van der Waals surface area contributed by atoms with Crippen LogP contribution in [0, 0.1) is 0 Å². The van der Waals surface area contributed by atoms with Gasteiger partial charge in [0.15, 0.2) is 0 Å². The van der Waals surface area contributed by atoms with Crippen molar-refractivity contribution in [1.29, 1.82) is 0 Å². The molecule has 0 bridgehead atoms. The molecule has 0 spiro atoms. The third-order valence-electron chi connectivity index (χ3n) is 1.32. The quantitative estimate of drug-likeness (QED) is 0.592. The maximum Gasteiger partial charge on any atom is 0.101 e. The van der Waals surface area contributed by atoms with E-state index >= 15 is 0 Å². The van der Waals surface area contributed by atoms with Crippen LogP contribution in [0.1, 0.15) is 0 Å². The van der Waals surface area contributed by atoms with E-state index in [0.29, 0.717) is 0 Å². The molecule has 0 unspecified atom stereocenters. The molecule has 0 saturated carbocycles. The van der Waals surface area contributed by atoms with E-state index < -0.39 is 0 Å². The molecular weight excluding hydrogens is 142 g/mol. The predicted octanol–water partition coefficient (Wildman–Crippen LogP) is 0.472. The first kappa shape index (κ1) is 6.83. The molecule has 1 nitrogen and oxygen atoms in total. The fraction of sp³-hybridized carbons (Fsp3) is 0.333. The molecule has 1 rings (SSSR count). The number of aromatic amines is 1. The first-order valence-corrected chi connectivity index (χ1v) is 5.87. The minimum atomic E-state index is -0.306. The summed E-state index contributed by atoms with van der Waals surface area (Å²) < 4.78 is 0. The van der Waals surface area contributed by atoms with Gasteiger partial charge in [0.1, 0.15) is 8.80 Å². The average Bonchev–Trinajstić information content (AvgIpc) is 2.37. The summed E-state index contributed by atoms with van der Waals surface area (Å²) in [5.41, 5.74) is 1.12. The normalized spacial score (nSPS) is 10.6. The van der Waals surface area contributed by atoms with E-state index in [2.05, 4.69) is 27.8 Å². The van der Waals surface area contributed by atoms with E-state index in [-0.39, 0.29) is 8.80 Å². The summed E-state index contributed by atoms with van der Waals surface area (Å²) in [6.45, 7) is 2.28. The Morgan fingerprint density at radius 2 is 2.56 bits per heavy atom. The Labute approximate surface area is 60.5 Å². The lowest BCUT2D eigenvalue weighted by Crippen LogP contribution is -2.26. The van der Waals surface area contributed by atoms with Crippen molar-refractivity contribution in [2.24, 2.45) is 0 Å². The molecular formula is C6H9NSi2. The van der Waals surface area contributed by atoms with Crippen molar-refractivity contribution in [1.82, 2.24) is 4.98 Å². The molecule has 0 aliphatic carbocycles. The van der Waals surface area contributed by atoms with E-state index in [0.717, 1.165) is 5.67 Å². The van der Waals surface area contributed by atoms with Crippen molar-refractivity contribution >= 4 is 24.4 Å². The Hall–Kier alpha value is -0.286. The summed E-state index contributed by atoms with van der Waals surface area (Å²) in [4.78, 5) is 3.20. The summed E-state index contributed by atoms with van der Waals surface area (Å²) >= 11 is 0. The Morgan fingerprint density at radius 3 is 3.00 bits per heavy atom. The van der Waals surface area contributed by atoms with Crippen molar-refractivity contribution < 1.29 is 0 Å². The molecule has 1 aromatic rings. The number of hydrogen-bond donors (Lipinski definition) is 1. The molecule has 9 heavy (non-hydrogen) atoms. The largest absolute Gasteiger partial charge is 0.369 e. The van der Waals surface area contributed by atoms with Crippen molar-refractivity contribution in [2.75, 3.05) is 0 Å². The highest BCUT2D eigenvalue weighted by Crippen LogP contribution is 1.87. The molecule has 1 heterocycles. The van der Waals surface area contributed by atoms with Gasteiger partial charge >= 0.3 is 0 Å². The molecule has 3 heteroatoms. The molecule has 0 aliphatic rings. The molecule has 0 aliphatic heterocycles. The summed E-state index contributed by atoms with van der Waals surface area (Å²) in [6.07, 6.45) is 1.98. The molecule has 0 aromatic carbocycles. The van der Waals surface area contributed by atoms with E-state index in [1.807, 2.05) is 12.3 Å². The van der Waals surface area contributed by atoms with Gasteiger partial charge in [0, 0.05) is 16.4 Å². The minimum absolute atomic E-state index is 0.306. The molecule has 0 saturated heterocycles. The second-order valence-electron chi connectivity index (χ2n) is 2.04. The molecule has 0 fully saturated rings. The molecule has 46 valence electrons. The highest BCUT2D eigenvalue weighted by atomic mass is 28.3. The van der Waals surface area contributed by atoms with Gasteiger partial charge in [-0.2, -0.15) is 0 Å². The van der Waals surface area contributed by atoms with Crippen molar-refractivity contribution in [3.63, 3.8) is 0 Å². The van der Waals surface area contributed by atoms with Crippen LogP contribution in [0.15, 0.2) is 18.3 Å². The second-order valence-corrected chi connectivity index (χ2v) is 5.55. The van der Waals surface area contributed by atoms with Gasteiger partial charge in [0.25, 0.3) is 0 Å². The first-order chi connectivity index (χ1) is 4.34. The van der Waals surface area contributed by atoms with Crippen LogP contribution in [0.4, 0.5) is 0 Å². The van der Waals surface area contributed by atoms with Gasteiger partial charge in [-0.05, 0) is 17.4 Å². The zero-order valence-electron chi connectivity index (χ0n) is 5.44. The van der Waals surface area contributed by atoms with Crippen LogP contribution < -0.4 is 5.32 Å². The Balaban J connectivity index is 2.65. The monoisotopic (exact) mass is 151 g/mol. The lowest BCUT2D eigenvalue weighted by atomic mass is 10.7. The third kappa shape index (κ3) is 1.56. The molecule has 0 atom stereocenters. The summed E-state index contributed by atoms with van der Waals surface area (Å²) in [5, 5.41) is 1.40. The van der Waals surface area contributed by atoms with Gasteiger partial charge in [-0.15, -0.1) is 0 Å². The average molecular weight is 151 g/mol. The van der Waals surface area contributed by atoms with Gasteiger partial charge in [-0.1, -0.05) is 12.2 Å². The Morgan fingerprint density at radius 1 is 1.78 bits per heavy atom. The van der Waals surface area contributed by atoms with Crippen LogP contribution >= 0.6 is 0 Å². The molecule has 1 N–H and O–H groups in total. The first-order valence-electron chi connectivity index (χ1n) is 2.95. The summed E-state index contributed by atoms with van der Waals surface area (Å²) in [7, 11) is 3.20. The topological polar surface area (TPSA) is 15.8 Å². The second kappa shape index (κ2) is 3.03. The van der Waals surface area contributed by atoms with Gasteiger partial charge in [-0.25, -0.2) is 0 Å². The highest BCUT2D eigenvalue weighted by Gasteiger charge is 2.03. The molecule has 1 aromatic heterocycles. The van der Waals surface area contributed by atoms with Gasteiger partial charge < -0.3 is 4.98 Å². The number of nitrogens with one attached hydrogen (secondary N) is 1. The lowest BCUT2D eigenvalue weighted by Gasteiger charge is -2.00. The van der Waals surface area contributed by atoms with E-state index in [4.69, 9.17) is 0 Å². The highest BCUT2D eigenvalue weighted by molar-refractivity contribution is 6.76. The smallest absolute Gasteiger partial charge is 0.101 e. The van der Waals surface area contributed by atoms with Crippen LogP contribution in [0.5, 0.6) is 0 Å². The van der Waals surface area contributed by atoms with Crippen molar-refractivity contribution in [3.05, 3.63) is 18.3 Å². The van der Waals surface area contributed by atoms with E-state index in [1.165, 1.54) is 5.32 Å².